The largest absolute Gasteiger partial charge is 0.375 e. The number of carbonyl (C=O) groups is 1. The van der Waals surface area contributed by atoms with Crippen LogP contribution in [0.4, 0.5) is 4.39 Å². The smallest absolute Gasteiger partial charge is 0.166 e. The summed E-state index contributed by atoms with van der Waals surface area (Å²) in [6, 6.07) is 35.1. The Morgan fingerprint density at radius 1 is 0.878 bits per heavy atom. The van der Waals surface area contributed by atoms with Crippen molar-refractivity contribution in [1.29, 1.82) is 0 Å². The maximum Gasteiger partial charge on any atom is 0.166 e. The average molecular weight is 551 g/mol. The summed E-state index contributed by atoms with van der Waals surface area (Å²) in [7, 11) is 0. The van der Waals surface area contributed by atoms with E-state index >= 15 is 4.39 Å². The molecule has 0 amide bonds. The first-order valence-corrected chi connectivity index (χ1v) is 14.6. The summed E-state index contributed by atoms with van der Waals surface area (Å²) < 4.78 is 27.6. The second kappa shape index (κ2) is 13.4. The number of hydrogen-bond donors (Lipinski definition) is 0. The molecule has 0 bridgehead atoms. The third kappa shape index (κ3) is 7.58. The molecule has 2 atom stereocenters. The van der Waals surface area contributed by atoms with Gasteiger partial charge in [0.05, 0.1) is 18.8 Å². The van der Waals surface area contributed by atoms with Gasteiger partial charge >= 0.3 is 0 Å². The Bertz CT molecular complexity index is 1360. The minimum Gasteiger partial charge on any atom is -0.375 e. The highest BCUT2D eigenvalue weighted by Gasteiger charge is 2.34. The predicted octanol–water partition coefficient (Wildman–Crippen LogP) is 8.10. The Kier molecular flexibility index (Phi) is 9.43. The maximum absolute atomic E-state index is 15.2. The standard InChI is InChI=1S/C37H39FO3/c1-37(2)24-28(26-41-37)21-22-32-31(19-12-20-33(32)38)23-34(39)36(40-25-27-13-6-3-7-14-27)35(29-15-8-4-9-16-29)30-17-10-5-11-18-30/h3-20,28,35-36H,21-26H2,1-2H3/t28-,36?/m1/s1. The van der Waals surface area contributed by atoms with Crippen LogP contribution in [0.2, 0.25) is 0 Å². The van der Waals surface area contributed by atoms with E-state index < -0.39 is 6.10 Å². The predicted molar refractivity (Wildman–Crippen MR) is 161 cm³/mol. The van der Waals surface area contributed by atoms with Crippen molar-refractivity contribution in [3.8, 4) is 0 Å². The number of benzene rings is 4. The summed E-state index contributed by atoms with van der Waals surface area (Å²) in [6.07, 6.45) is 1.72. The van der Waals surface area contributed by atoms with Crippen molar-refractivity contribution in [3.63, 3.8) is 0 Å². The summed E-state index contributed by atoms with van der Waals surface area (Å²) in [4.78, 5) is 14.3. The van der Waals surface area contributed by atoms with Crippen molar-refractivity contribution < 1.29 is 18.7 Å². The van der Waals surface area contributed by atoms with Crippen LogP contribution in [-0.4, -0.2) is 24.1 Å². The zero-order valence-corrected chi connectivity index (χ0v) is 24.0. The van der Waals surface area contributed by atoms with Gasteiger partial charge in [-0.1, -0.05) is 103 Å². The molecule has 1 saturated heterocycles. The molecule has 5 rings (SSSR count). The lowest BCUT2D eigenvalue weighted by atomic mass is 9.82. The lowest BCUT2D eigenvalue weighted by molar-refractivity contribution is -0.131. The van der Waals surface area contributed by atoms with Crippen molar-refractivity contribution in [1.82, 2.24) is 0 Å². The third-order valence-corrected chi connectivity index (χ3v) is 8.08. The molecule has 3 nitrogen and oxygen atoms in total. The summed E-state index contributed by atoms with van der Waals surface area (Å²) in [5, 5.41) is 0. The Morgan fingerprint density at radius 2 is 1.49 bits per heavy atom. The van der Waals surface area contributed by atoms with Gasteiger partial charge in [0.1, 0.15) is 11.9 Å². The number of hydrogen-bond acceptors (Lipinski definition) is 3. The number of ketones is 1. The second-order valence-corrected chi connectivity index (χ2v) is 11.7. The molecule has 1 fully saturated rings. The molecular weight excluding hydrogens is 511 g/mol. The number of carbonyl (C=O) groups excluding carboxylic acids is 1. The van der Waals surface area contributed by atoms with Crippen molar-refractivity contribution in [2.45, 2.75) is 63.8 Å². The number of Topliss-reactive ketones (excluding diaryl/α,β-unsaturated/α-hetero) is 1. The van der Waals surface area contributed by atoms with Gasteiger partial charge in [0, 0.05) is 12.3 Å². The van der Waals surface area contributed by atoms with E-state index in [0.29, 0.717) is 31.1 Å². The van der Waals surface area contributed by atoms with Gasteiger partial charge < -0.3 is 9.47 Å². The van der Waals surface area contributed by atoms with Crippen LogP contribution in [-0.2, 0) is 33.7 Å². The zero-order chi connectivity index (χ0) is 28.7. The Morgan fingerprint density at radius 3 is 2.07 bits per heavy atom. The van der Waals surface area contributed by atoms with Crippen LogP contribution in [0.3, 0.4) is 0 Å². The van der Waals surface area contributed by atoms with E-state index in [2.05, 4.69) is 13.8 Å². The fourth-order valence-electron chi connectivity index (χ4n) is 6.03. The molecule has 1 aliphatic heterocycles. The van der Waals surface area contributed by atoms with E-state index in [9.17, 15) is 4.79 Å². The molecule has 0 spiro atoms. The minimum absolute atomic E-state index is 0.0594. The van der Waals surface area contributed by atoms with E-state index in [1.54, 1.807) is 6.07 Å². The second-order valence-electron chi connectivity index (χ2n) is 11.7. The van der Waals surface area contributed by atoms with E-state index in [0.717, 1.165) is 35.1 Å². The Balaban J connectivity index is 1.44. The van der Waals surface area contributed by atoms with Crippen LogP contribution in [0, 0.1) is 11.7 Å². The van der Waals surface area contributed by atoms with Gasteiger partial charge in [-0.3, -0.25) is 4.79 Å². The lowest BCUT2D eigenvalue weighted by Gasteiger charge is -2.28. The van der Waals surface area contributed by atoms with Crippen molar-refractivity contribution >= 4 is 5.78 Å². The molecule has 4 heteroatoms. The normalized spacial score (nSPS) is 17.0. The summed E-state index contributed by atoms with van der Waals surface area (Å²) in [5.74, 6) is -0.229. The van der Waals surface area contributed by atoms with E-state index in [1.165, 1.54) is 6.07 Å². The third-order valence-electron chi connectivity index (χ3n) is 8.08. The van der Waals surface area contributed by atoms with Crippen molar-refractivity contribution in [2.75, 3.05) is 6.61 Å². The monoisotopic (exact) mass is 550 g/mol. The first kappa shape index (κ1) is 28.9. The Labute approximate surface area is 243 Å². The summed E-state index contributed by atoms with van der Waals surface area (Å²) >= 11 is 0. The number of ether oxygens (including phenoxy) is 2. The van der Waals surface area contributed by atoms with E-state index in [1.807, 2.05) is 97.1 Å². The quantitative estimate of drug-likeness (QED) is 0.179. The molecule has 4 aromatic rings. The van der Waals surface area contributed by atoms with Crippen LogP contribution < -0.4 is 0 Å². The van der Waals surface area contributed by atoms with Gasteiger partial charge in [0.25, 0.3) is 0 Å². The van der Waals surface area contributed by atoms with Crippen LogP contribution in [0.25, 0.3) is 0 Å². The van der Waals surface area contributed by atoms with Crippen molar-refractivity contribution in [3.05, 3.63) is 143 Å². The highest BCUT2D eigenvalue weighted by Crippen LogP contribution is 2.34. The Hall–Kier alpha value is -3.60. The van der Waals surface area contributed by atoms with Gasteiger partial charge in [-0.2, -0.15) is 0 Å². The molecule has 0 aliphatic carbocycles. The maximum atomic E-state index is 15.2. The molecule has 0 aromatic heterocycles. The number of halogens is 1. The van der Waals surface area contributed by atoms with Crippen molar-refractivity contribution in [2.24, 2.45) is 5.92 Å². The first-order chi connectivity index (χ1) is 19.9. The highest BCUT2D eigenvalue weighted by molar-refractivity contribution is 5.87. The van der Waals surface area contributed by atoms with E-state index in [4.69, 9.17) is 9.47 Å². The molecule has 0 saturated carbocycles. The molecule has 41 heavy (non-hydrogen) atoms. The van der Waals surface area contributed by atoms with Crippen LogP contribution >= 0.6 is 0 Å². The van der Waals surface area contributed by atoms with Crippen LogP contribution in [0.15, 0.2) is 109 Å². The van der Waals surface area contributed by atoms with Crippen LogP contribution in [0.1, 0.15) is 60.4 Å². The average Bonchev–Trinajstić information content (AvgIpc) is 3.34. The van der Waals surface area contributed by atoms with E-state index in [-0.39, 0.29) is 29.5 Å². The van der Waals surface area contributed by atoms with Gasteiger partial charge in [-0.25, -0.2) is 4.39 Å². The fourth-order valence-corrected chi connectivity index (χ4v) is 6.03. The van der Waals surface area contributed by atoms with Gasteiger partial charge in [-0.05, 0) is 72.9 Å². The molecule has 0 N–H and O–H groups in total. The molecule has 4 aromatic carbocycles. The SMILES string of the molecule is CC1(C)C[C@@H](CCc2c(F)cccc2CC(=O)C(OCc2ccccc2)C(c2ccccc2)c2ccccc2)CO1. The summed E-state index contributed by atoms with van der Waals surface area (Å²) in [6.45, 7) is 5.21. The van der Waals surface area contributed by atoms with Gasteiger partial charge in [-0.15, -0.1) is 0 Å². The first-order valence-electron chi connectivity index (χ1n) is 14.6. The summed E-state index contributed by atoms with van der Waals surface area (Å²) in [5.41, 5.74) is 4.25. The molecular formula is C37H39FO3. The fraction of sp³-hybridized carbons (Fsp3) is 0.324. The van der Waals surface area contributed by atoms with Gasteiger partial charge in [0.2, 0.25) is 0 Å². The lowest BCUT2D eigenvalue weighted by Crippen LogP contribution is -2.33. The molecule has 1 aliphatic rings. The molecule has 1 unspecified atom stereocenters. The zero-order valence-electron chi connectivity index (χ0n) is 24.0. The van der Waals surface area contributed by atoms with Crippen LogP contribution in [0.5, 0.6) is 0 Å². The minimum atomic E-state index is -0.750. The highest BCUT2D eigenvalue weighted by atomic mass is 19.1. The molecule has 0 radical (unpaired) electrons. The molecule has 1 heterocycles. The molecule has 212 valence electrons. The number of rotatable bonds is 12. The van der Waals surface area contributed by atoms with Gasteiger partial charge in [0.15, 0.2) is 5.78 Å². The topological polar surface area (TPSA) is 35.5 Å².